The third-order valence-electron chi connectivity index (χ3n) is 1.25. The maximum atomic E-state index is 5.79. The molecule has 0 saturated heterocycles. The van der Waals surface area contributed by atoms with Gasteiger partial charge in [-0.15, -0.1) is 0 Å². The van der Waals surface area contributed by atoms with Crippen molar-refractivity contribution >= 4 is 17.7 Å². The van der Waals surface area contributed by atoms with Crippen LogP contribution in [-0.4, -0.2) is 4.98 Å². The minimum atomic E-state index is 0.782. The quantitative estimate of drug-likeness (QED) is 0.676. The lowest BCUT2D eigenvalue weighted by molar-refractivity contribution is 1.23. The zero-order chi connectivity index (χ0) is 7.40. The highest BCUT2D eigenvalue weighted by molar-refractivity contribution is 6.31. The van der Waals surface area contributed by atoms with Crippen molar-refractivity contribution in [2.45, 2.75) is 13.3 Å². The SMILES string of the molecule is CCC=Cc1[nH]ccc1Cl. The van der Waals surface area contributed by atoms with Crippen LogP contribution in [0.1, 0.15) is 19.0 Å². The van der Waals surface area contributed by atoms with E-state index < -0.39 is 0 Å². The first kappa shape index (κ1) is 7.42. The molecule has 1 aromatic heterocycles. The van der Waals surface area contributed by atoms with E-state index in [4.69, 9.17) is 11.6 Å². The van der Waals surface area contributed by atoms with Crippen LogP contribution < -0.4 is 0 Å². The molecule has 1 rings (SSSR count). The molecule has 1 aromatic rings. The fraction of sp³-hybridized carbons (Fsp3) is 0.250. The van der Waals surface area contributed by atoms with Crippen LogP contribution in [0, 0.1) is 0 Å². The lowest BCUT2D eigenvalue weighted by Gasteiger charge is -1.85. The molecule has 1 N–H and O–H groups in total. The van der Waals surface area contributed by atoms with Crippen molar-refractivity contribution in [3.63, 3.8) is 0 Å². The van der Waals surface area contributed by atoms with Crippen LogP contribution in [0.3, 0.4) is 0 Å². The first-order valence-electron chi connectivity index (χ1n) is 3.34. The van der Waals surface area contributed by atoms with Gasteiger partial charge in [-0.05, 0) is 18.6 Å². The minimum Gasteiger partial charge on any atom is -0.360 e. The smallest absolute Gasteiger partial charge is 0.0655 e. The molecule has 1 nitrogen and oxygen atoms in total. The average molecular weight is 156 g/mol. The van der Waals surface area contributed by atoms with Gasteiger partial charge in [0.25, 0.3) is 0 Å². The number of hydrogen-bond acceptors (Lipinski definition) is 0. The van der Waals surface area contributed by atoms with Crippen LogP contribution in [0.5, 0.6) is 0 Å². The molecule has 54 valence electrons. The molecule has 0 amide bonds. The summed E-state index contributed by atoms with van der Waals surface area (Å²) >= 11 is 5.79. The van der Waals surface area contributed by atoms with Crippen molar-refractivity contribution in [1.29, 1.82) is 0 Å². The molecule has 1 heterocycles. The first-order valence-corrected chi connectivity index (χ1v) is 3.71. The Balaban J connectivity index is 2.74. The fourth-order valence-corrected chi connectivity index (χ4v) is 0.907. The number of H-pyrrole nitrogens is 1. The van der Waals surface area contributed by atoms with Gasteiger partial charge >= 0.3 is 0 Å². The average Bonchev–Trinajstić information content (AvgIpc) is 2.31. The summed E-state index contributed by atoms with van der Waals surface area (Å²) in [5.41, 5.74) is 0.989. The van der Waals surface area contributed by atoms with Crippen molar-refractivity contribution in [2.75, 3.05) is 0 Å². The Labute approximate surface area is 65.7 Å². The van der Waals surface area contributed by atoms with Crippen LogP contribution in [0.4, 0.5) is 0 Å². The summed E-state index contributed by atoms with van der Waals surface area (Å²) in [6.07, 6.45) is 6.92. The maximum Gasteiger partial charge on any atom is 0.0655 e. The minimum absolute atomic E-state index is 0.782. The summed E-state index contributed by atoms with van der Waals surface area (Å²) in [5, 5.41) is 0.782. The van der Waals surface area contributed by atoms with E-state index in [0.29, 0.717) is 0 Å². The van der Waals surface area contributed by atoms with Gasteiger partial charge in [-0.1, -0.05) is 24.6 Å². The van der Waals surface area contributed by atoms with Gasteiger partial charge in [0.2, 0.25) is 0 Å². The normalized spacial score (nSPS) is 11.0. The standard InChI is InChI=1S/C8H10ClN/c1-2-3-4-8-7(9)5-6-10-8/h3-6,10H,2H2,1H3. The lowest BCUT2D eigenvalue weighted by atomic mass is 10.3. The molecule has 0 aliphatic heterocycles. The number of aromatic amines is 1. The summed E-state index contributed by atoms with van der Waals surface area (Å²) in [4.78, 5) is 3.02. The summed E-state index contributed by atoms with van der Waals surface area (Å²) in [5.74, 6) is 0. The van der Waals surface area contributed by atoms with E-state index in [1.165, 1.54) is 0 Å². The third kappa shape index (κ3) is 1.64. The van der Waals surface area contributed by atoms with Gasteiger partial charge in [0, 0.05) is 6.20 Å². The third-order valence-corrected chi connectivity index (χ3v) is 1.58. The number of nitrogens with one attached hydrogen (secondary N) is 1. The van der Waals surface area contributed by atoms with Gasteiger partial charge in [-0.25, -0.2) is 0 Å². The van der Waals surface area contributed by atoms with Crippen molar-refractivity contribution < 1.29 is 0 Å². The van der Waals surface area contributed by atoms with E-state index in [1.54, 1.807) is 0 Å². The monoisotopic (exact) mass is 155 g/mol. The van der Waals surface area contributed by atoms with Crippen molar-refractivity contribution in [3.8, 4) is 0 Å². The largest absolute Gasteiger partial charge is 0.360 e. The van der Waals surface area contributed by atoms with E-state index in [2.05, 4.69) is 18.0 Å². The summed E-state index contributed by atoms with van der Waals surface area (Å²) in [6.45, 7) is 2.09. The zero-order valence-electron chi connectivity index (χ0n) is 5.89. The Bertz CT molecular complexity index is 225. The molecule has 0 aromatic carbocycles. The van der Waals surface area contributed by atoms with Crippen molar-refractivity contribution in [1.82, 2.24) is 4.98 Å². The highest BCUT2D eigenvalue weighted by Crippen LogP contribution is 2.14. The maximum absolute atomic E-state index is 5.79. The highest BCUT2D eigenvalue weighted by atomic mass is 35.5. The van der Waals surface area contributed by atoms with Crippen molar-refractivity contribution in [3.05, 3.63) is 29.1 Å². The molecule has 2 heteroatoms. The van der Waals surface area contributed by atoms with Gasteiger partial charge in [0.15, 0.2) is 0 Å². The fourth-order valence-electron chi connectivity index (χ4n) is 0.727. The summed E-state index contributed by atoms with van der Waals surface area (Å²) in [7, 11) is 0. The van der Waals surface area contributed by atoms with E-state index in [0.717, 1.165) is 17.1 Å². The second kappa shape index (κ2) is 3.47. The first-order chi connectivity index (χ1) is 4.84. The predicted molar refractivity (Wildman–Crippen MR) is 45.1 cm³/mol. The molecule has 0 radical (unpaired) electrons. The summed E-state index contributed by atoms with van der Waals surface area (Å²) in [6, 6.07) is 1.84. The lowest BCUT2D eigenvalue weighted by Crippen LogP contribution is -1.68. The topological polar surface area (TPSA) is 15.8 Å². The van der Waals surface area contributed by atoms with Crippen LogP contribution in [0.2, 0.25) is 5.02 Å². The van der Waals surface area contributed by atoms with Crippen LogP contribution >= 0.6 is 11.6 Å². The van der Waals surface area contributed by atoms with Gasteiger partial charge < -0.3 is 4.98 Å². The van der Waals surface area contributed by atoms with Gasteiger partial charge in [0.05, 0.1) is 10.7 Å². The Hall–Kier alpha value is -0.690. The molecule has 0 atom stereocenters. The molecule has 0 fully saturated rings. The second-order valence-corrected chi connectivity index (χ2v) is 2.46. The summed E-state index contributed by atoms with van der Waals surface area (Å²) < 4.78 is 0. The van der Waals surface area contributed by atoms with E-state index in [1.807, 2.05) is 18.3 Å². The molecular weight excluding hydrogens is 146 g/mol. The van der Waals surface area contributed by atoms with E-state index >= 15 is 0 Å². The zero-order valence-corrected chi connectivity index (χ0v) is 6.65. The predicted octanol–water partition coefficient (Wildman–Crippen LogP) is 3.09. The molecule has 0 aliphatic carbocycles. The molecule has 0 bridgehead atoms. The number of hydrogen-bond donors (Lipinski definition) is 1. The van der Waals surface area contributed by atoms with Gasteiger partial charge in [-0.2, -0.15) is 0 Å². The molecule has 10 heavy (non-hydrogen) atoms. The Kier molecular flexibility index (Phi) is 2.57. The van der Waals surface area contributed by atoms with Crippen molar-refractivity contribution in [2.24, 2.45) is 0 Å². The highest BCUT2D eigenvalue weighted by Gasteiger charge is 1.92. The molecular formula is C8H10ClN. The number of allylic oxidation sites excluding steroid dienone is 1. The van der Waals surface area contributed by atoms with E-state index in [9.17, 15) is 0 Å². The van der Waals surface area contributed by atoms with Crippen LogP contribution in [-0.2, 0) is 0 Å². The van der Waals surface area contributed by atoms with E-state index in [-0.39, 0.29) is 0 Å². The number of aromatic nitrogens is 1. The Morgan fingerprint density at radius 1 is 1.70 bits per heavy atom. The molecule has 0 saturated carbocycles. The molecule has 0 unspecified atom stereocenters. The van der Waals surface area contributed by atoms with Gasteiger partial charge in [-0.3, -0.25) is 0 Å². The van der Waals surface area contributed by atoms with Gasteiger partial charge in [0.1, 0.15) is 0 Å². The molecule has 0 aliphatic rings. The molecule has 0 spiro atoms. The van der Waals surface area contributed by atoms with Crippen LogP contribution in [0.15, 0.2) is 18.3 Å². The number of halogens is 1. The Morgan fingerprint density at radius 3 is 3.00 bits per heavy atom. The second-order valence-electron chi connectivity index (χ2n) is 2.05. The number of rotatable bonds is 2. The van der Waals surface area contributed by atoms with Crippen LogP contribution in [0.25, 0.3) is 6.08 Å². The Morgan fingerprint density at radius 2 is 2.50 bits per heavy atom.